The van der Waals surface area contributed by atoms with Gasteiger partial charge in [-0.25, -0.2) is 0 Å². The van der Waals surface area contributed by atoms with E-state index in [1.165, 1.54) is 0 Å². The van der Waals surface area contributed by atoms with Crippen LogP contribution < -0.4 is 5.32 Å². The maximum atomic E-state index is 11.2. The van der Waals surface area contributed by atoms with Gasteiger partial charge in [-0.1, -0.05) is 13.8 Å². The number of amides is 1. The Morgan fingerprint density at radius 1 is 1.58 bits per heavy atom. The van der Waals surface area contributed by atoms with Crippen LogP contribution >= 0.6 is 11.8 Å². The quantitative estimate of drug-likeness (QED) is 0.654. The van der Waals surface area contributed by atoms with Crippen LogP contribution in [0.3, 0.4) is 0 Å². The average molecular weight is 189 g/mol. The number of aliphatic hydroxyl groups is 1. The Morgan fingerprint density at radius 3 is 2.67 bits per heavy atom. The fourth-order valence-corrected chi connectivity index (χ4v) is 2.20. The fourth-order valence-electron chi connectivity index (χ4n) is 1.03. The molecule has 0 aromatic rings. The Labute approximate surface area is 76.9 Å². The molecule has 12 heavy (non-hydrogen) atoms. The zero-order valence-electron chi connectivity index (χ0n) is 7.41. The molecule has 0 aliphatic carbocycles. The predicted octanol–water partition coefficient (Wildman–Crippen LogP) is 0.235. The third-order valence-corrected chi connectivity index (χ3v) is 3.07. The average Bonchev–Trinajstić information content (AvgIpc) is 2.36. The summed E-state index contributed by atoms with van der Waals surface area (Å²) in [5.41, 5.74) is 0. The van der Waals surface area contributed by atoms with Crippen molar-refractivity contribution in [1.29, 1.82) is 0 Å². The van der Waals surface area contributed by atoms with Gasteiger partial charge in [-0.15, -0.1) is 0 Å². The number of carbonyl (C=O) groups is 1. The van der Waals surface area contributed by atoms with Gasteiger partial charge in [0.1, 0.15) is 0 Å². The van der Waals surface area contributed by atoms with Crippen LogP contribution in [-0.2, 0) is 4.79 Å². The van der Waals surface area contributed by atoms with Gasteiger partial charge in [-0.2, -0.15) is 11.8 Å². The van der Waals surface area contributed by atoms with Crippen molar-refractivity contribution in [3.63, 3.8) is 0 Å². The van der Waals surface area contributed by atoms with Gasteiger partial charge in [-0.05, 0) is 0 Å². The van der Waals surface area contributed by atoms with Crippen LogP contribution in [0.25, 0.3) is 0 Å². The molecule has 1 fully saturated rings. The second kappa shape index (κ2) is 4.14. The molecule has 1 saturated heterocycles. The first kappa shape index (κ1) is 9.86. The molecular weight excluding hydrogens is 174 g/mol. The molecule has 0 spiro atoms. The zero-order valence-corrected chi connectivity index (χ0v) is 8.23. The van der Waals surface area contributed by atoms with E-state index in [9.17, 15) is 9.90 Å². The van der Waals surface area contributed by atoms with Crippen molar-refractivity contribution < 1.29 is 9.90 Å². The molecule has 1 rings (SSSR count). The molecule has 2 atom stereocenters. The molecular formula is C8H15NO2S. The van der Waals surface area contributed by atoms with Gasteiger partial charge in [0.05, 0.1) is 12.1 Å². The highest BCUT2D eigenvalue weighted by molar-refractivity contribution is 7.99. The molecule has 0 aromatic carbocycles. The molecule has 0 bridgehead atoms. The molecule has 3 nitrogen and oxygen atoms in total. The molecule has 1 aliphatic rings. The summed E-state index contributed by atoms with van der Waals surface area (Å²) in [5.74, 6) is 1.60. The lowest BCUT2D eigenvalue weighted by Crippen LogP contribution is -2.44. The maximum absolute atomic E-state index is 11.2. The van der Waals surface area contributed by atoms with Gasteiger partial charge in [0, 0.05) is 17.4 Å². The van der Waals surface area contributed by atoms with E-state index in [0.717, 1.165) is 11.5 Å². The summed E-state index contributed by atoms with van der Waals surface area (Å²) in [6.07, 6.45) is -0.363. The summed E-state index contributed by atoms with van der Waals surface area (Å²) in [4.78, 5) is 11.2. The van der Waals surface area contributed by atoms with E-state index >= 15 is 0 Å². The molecule has 0 radical (unpaired) electrons. The molecule has 0 saturated carbocycles. The van der Waals surface area contributed by atoms with Gasteiger partial charge in [0.2, 0.25) is 5.91 Å². The van der Waals surface area contributed by atoms with Gasteiger partial charge in [0.25, 0.3) is 0 Å². The number of thioether (sulfide) groups is 1. The largest absolute Gasteiger partial charge is 0.390 e. The fraction of sp³-hybridized carbons (Fsp3) is 0.875. The Balaban J connectivity index is 2.35. The SMILES string of the molecule is CC(C)C(=O)NC1CSCC1O. The number of rotatable bonds is 2. The van der Waals surface area contributed by atoms with E-state index in [1.54, 1.807) is 11.8 Å². The van der Waals surface area contributed by atoms with Crippen molar-refractivity contribution in [1.82, 2.24) is 5.32 Å². The number of hydrogen-bond acceptors (Lipinski definition) is 3. The first-order chi connectivity index (χ1) is 5.61. The van der Waals surface area contributed by atoms with Crippen molar-refractivity contribution in [2.45, 2.75) is 26.0 Å². The third-order valence-electron chi connectivity index (χ3n) is 1.90. The number of carbonyl (C=O) groups excluding carboxylic acids is 1. The van der Waals surface area contributed by atoms with Crippen molar-refractivity contribution in [3.05, 3.63) is 0 Å². The summed E-state index contributed by atoms with van der Waals surface area (Å²) in [5, 5.41) is 12.2. The normalized spacial score (nSPS) is 29.3. The van der Waals surface area contributed by atoms with Crippen LogP contribution in [-0.4, -0.2) is 34.7 Å². The number of nitrogens with one attached hydrogen (secondary N) is 1. The molecule has 70 valence electrons. The Morgan fingerprint density at radius 2 is 2.25 bits per heavy atom. The second-order valence-electron chi connectivity index (χ2n) is 3.37. The summed E-state index contributed by atoms with van der Waals surface area (Å²) in [7, 11) is 0. The Hall–Kier alpha value is -0.220. The van der Waals surface area contributed by atoms with Gasteiger partial charge in [-0.3, -0.25) is 4.79 Å². The van der Waals surface area contributed by atoms with Crippen LogP contribution in [0.2, 0.25) is 0 Å². The third kappa shape index (κ3) is 2.38. The van der Waals surface area contributed by atoms with Gasteiger partial charge in [0.15, 0.2) is 0 Å². The topological polar surface area (TPSA) is 49.3 Å². The molecule has 1 heterocycles. The minimum atomic E-state index is -0.363. The minimum absolute atomic E-state index is 0.00259. The van der Waals surface area contributed by atoms with Gasteiger partial charge >= 0.3 is 0 Å². The van der Waals surface area contributed by atoms with E-state index in [1.807, 2.05) is 13.8 Å². The van der Waals surface area contributed by atoms with Crippen LogP contribution in [0.1, 0.15) is 13.8 Å². The predicted molar refractivity (Wildman–Crippen MR) is 50.1 cm³/mol. The molecule has 2 N–H and O–H groups in total. The monoisotopic (exact) mass is 189 g/mol. The van der Waals surface area contributed by atoms with Crippen LogP contribution in [0.5, 0.6) is 0 Å². The first-order valence-corrected chi connectivity index (χ1v) is 5.33. The second-order valence-corrected chi connectivity index (χ2v) is 4.45. The minimum Gasteiger partial charge on any atom is -0.390 e. The molecule has 1 amide bonds. The summed E-state index contributed by atoms with van der Waals surface area (Å²) >= 11 is 1.68. The van der Waals surface area contributed by atoms with Crippen LogP contribution in [0, 0.1) is 5.92 Å². The van der Waals surface area contributed by atoms with Crippen molar-refractivity contribution in [3.8, 4) is 0 Å². The molecule has 1 aliphatic heterocycles. The number of aliphatic hydroxyl groups excluding tert-OH is 1. The lowest BCUT2D eigenvalue weighted by Gasteiger charge is -2.16. The van der Waals surface area contributed by atoms with Crippen LogP contribution in [0.4, 0.5) is 0 Å². The standard InChI is InChI=1S/C8H15NO2S/c1-5(2)8(11)9-6-3-12-4-7(6)10/h5-7,10H,3-4H2,1-2H3,(H,9,11). The van der Waals surface area contributed by atoms with Crippen molar-refractivity contribution in [2.75, 3.05) is 11.5 Å². The van der Waals surface area contributed by atoms with Gasteiger partial charge < -0.3 is 10.4 Å². The van der Waals surface area contributed by atoms with Crippen LogP contribution in [0.15, 0.2) is 0 Å². The number of hydrogen-bond donors (Lipinski definition) is 2. The van der Waals surface area contributed by atoms with E-state index in [2.05, 4.69) is 5.32 Å². The highest BCUT2D eigenvalue weighted by Gasteiger charge is 2.27. The van der Waals surface area contributed by atoms with E-state index in [4.69, 9.17) is 0 Å². The summed E-state index contributed by atoms with van der Waals surface area (Å²) in [6, 6.07) is -0.0371. The lowest BCUT2D eigenvalue weighted by molar-refractivity contribution is -0.125. The molecule has 0 aromatic heterocycles. The lowest BCUT2D eigenvalue weighted by atomic mass is 10.1. The first-order valence-electron chi connectivity index (χ1n) is 4.17. The smallest absolute Gasteiger partial charge is 0.222 e. The summed E-state index contributed by atoms with van der Waals surface area (Å²) in [6.45, 7) is 3.70. The molecule has 2 unspecified atom stereocenters. The summed E-state index contributed by atoms with van der Waals surface area (Å²) < 4.78 is 0. The maximum Gasteiger partial charge on any atom is 0.222 e. The highest BCUT2D eigenvalue weighted by atomic mass is 32.2. The van der Waals surface area contributed by atoms with E-state index in [-0.39, 0.29) is 24.0 Å². The van der Waals surface area contributed by atoms with Crippen molar-refractivity contribution >= 4 is 17.7 Å². The van der Waals surface area contributed by atoms with E-state index in [0.29, 0.717) is 0 Å². The Bertz CT molecular complexity index is 172. The van der Waals surface area contributed by atoms with E-state index < -0.39 is 0 Å². The Kier molecular flexibility index (Phi) is 3.40. The molecule has 4 heteroatoms. The van der Waals surface area contributed by atoms with Crippen molar-refractivity contribution in [2.24, 2.45) is 5.92 Å². The highest BCUT2D eigenvalue weighted by Crippen LogP contribution is 2.18. The zero-order chi connectivity index (χ0) is 9.14.